The molecular formula is C22H19N3O2. The summed E-state index contributed by atoms with van der Waals surface area (Å²) in [4.78, 5) is 26.1. The van der Waals surface area contributed by atoms with Gasteiger partial charge >= 0.3 is 11.4 Å². The van der Waals surface area contributed by atoms with Crippen molar-refractivity contribution in [3.8, 4) is 5.69 Å². The molecule has 0 spiro atoms. The molecule has 2 aliphatic rings. The number of hydrogen-bond acceptors (Lipinski definition) is 2. The zero-order chi connectivity index (χ0) is 18.6. The van der Waals surface area contributed by atoms with E-state index < -0.39 is 11.2 Å². The summed E-state index contributed by atoms with van der Waals surface area (Å²) in [5, 5.41) is 2.84. The second kappa shape index (κ2) is 5.58. The summed E-state index contributed by atoms with van der Waals surface area (Å²) in [7, 11) is 0. The highest BCUT2D eigenvalue weighted by Crippen LogP contribution is 2.60. The highest BCUT2D eigenvalue weighted by molar-refractivity contribution is 5.53. The number of nitrogens with one attached hydrogen (secondary N) is 1. The van der Waals surface area contributed by atoms with E-state index in [1.807, 2.05) is 36.4 Å². The number of hydrogen-bond donors (Lipinski definition) is 1. The maximum absolute atomic E-state index is 13.4. The fourth-order valence-electron chi connectivity index (χ4n) is 4.89. The zero-order valence-electron chi connectivity index (χ0n) is 14.7. The Morgan fingerprint density at radius 3 is 2.15 bits per heavy atom. The van der Waals surface area contributed by atoms with Crippen molar-refractivity contribution in [3.05, 3.63) is 111 Å². The first-order valence-corrected chi connectivity index (χ1v) is 9.06. The maximum Gasteiger partial charge on any atom is 0.352 e. The van der Waals surface area contributed by atoms with Gasteiger partial charge in [-0.25, -0.2) is 23.9 Å². The number of allylic oxidation sites excluding steroid dienone is 3. The quantitative estimate of drug-likeness (QED) is 0.730. The fraction of sp³-hybridized carbons (Fsp3) is 0.182. The molecule has 2 atom stereocenters. The van der Waals surface area contributed by atoms with Crippen LogP contribution >= 0.6 is 0 Å². The molecule has 5 rings (SSSR count). The molecule has 1 aromatic heterocycles. The summed E-state index contributed by atoms with van der Waals surface area (Å²) in [6, 6.07) is 17.3. The Bertz CT molecular complexity index is 1150. The van der Waals surface area contributed by atoms with Crippen LogP contribution in [0.25, 0.3) is 5.69 Å². The van der Waals surface area contributed by atoms with Crippen LogP contribution in [0.1, 0.15) is 29.4 Å². The topological polar surface area (TPSA) is 59.8 Å². The van der Waals surface area contributed by atoms with Crippen molar-refractivity contribution >= 4 is 0 Å². The number of para-hydroxylation sites is 1. The van der Waals surface area contributed by atoms with Gasteiger partial charge in [-0.2, -0.15) is 0 Å². The second-order valence-electron chi connectivity index (χ2n) is 7.16. The Morgan fingerprint density at radius 2 is 1.56 bits per heavy atom. The molecule has 2 aliphatic carbocycles. The van der Waals surface area contributed by atoms with Crippen LogP contribution in [0.5, 0.6) is 0 Å². The van der Waals surface area contributed by atoms with Crippen LogP contribution in [-0.4, -0.2) is 14.3 Å². The number of aromatic nitrogens is 3. The third kappa shape index (κ3) is 1.94. The minimum absolute atomic E-state index is 0.0247. The standard InChI is InChI=1S/C22H19N3O2/c1-2-14-22(18-12-13-19(22)17-11-7-6-10-16(17)18)25-21(27)24(20(26)23-25)15-8-4-3-5-9-15/h2-13,18-19H,1,14H2,(H,23,26). The number of H-pyrrole nitrogens is 1. The lowest BCUT2D eigenvalue weighted by atomic mass is 9.81. The summed E-state index contributed by atoms with van der Waals surface area (Å²) < 4.78 is 2.74. The number of aromatic amines is 1. The molecule has 5 nitrogen and oxygen atoms in total. The Kier molecular flexibility index (Phi) is 3.28. The monoisotopic (exact) mass is 357 g/mol. The molecule has 0 radical (unpaired) electrons. The van der Waals surface area contributed by atoms with Gasteiger partial charge < -0.3 is 0 Å². The summed E-state index contributed by atoms with van der Waals surface area (Å²) >= 11 is 0. The van der Waals surface area contributed by atoms with E-state index in [2.05, 4.69) is 36.0 Å². The van der Waals surface area contributed by atoms with Gasteiger partial charge in [0.15, 0.2) is 0 Å². The Hall–Kier alpha value is -3.34. The van der Waals surface area contributed by atoms with Gasteiger partial charge in [0.05, 0.1) is 11.2 Å². The third-order valence-electron chi connectivity index (χ3n) is 5.93. The lowest BCUT2D eigenvalue weighted by Gasteiger charge is -2.34. The van der Waals surface area contributed by atoms with Crippen LogP contribution in [0.2, 0.25) is 0 Å². The minimum atomic E-state index is -0.596. The average Bonchev–Trinajstić information content (AvgIpc) is 3.30. The van der Waals surface area contributed by atoms with Crippen LogP contribution in [-0.2, 0) is 5.54 Å². The average molecular weight is 357 g/mol. The fourth-order valence-corrected chi connectivity index (χ4v) is 4.89. The molecular weight excluding hydrogens is 338 g/mol. The number of benzene rings is 2. The van der Waals surface area contributed by atoms with Crippen molar-refractivity contribution in [2.24, 2.45) is 0 Å². The number of nitrogens with zero attached hydrogens (tertiary/aromatic N) is 2. The van der Waals surface area contributed by atoms with Crippen LogP contribution in [0, 0.1) is 0 Å². The van der Waals surface area contributed by atoms with Crippen LogP contribution in [0.15, 0.2) is 89.0 Å². The first-order valence-electron chi connectivity index (χ1n) is 9.06. The normalized spacial score (nSPS) is 24.9. The van der Waals surface area contributed by atoms with Gasteiger partial charge in [0.1, 0.15) is 0 Å². The van der Waals surface area contributed by atoms with E-state index in [1.54, 1.807) is 16.8 Å². The SMILES string of the molecule is C=CCC1(n2[nH]c(=O)n(-c3ccccc3)c2=O)C2C=CC1c1ccccc12. The van der Waals surface area contributed by atoms with Crippen molar-refractivity contribution in [2.45, 2.75) is 23.8 Å². The maximum atomic E-state index is 13.4. The summed E-state index contributed by atoms with van der Waals surface area (Å²) in [5.41, 5.74) is 1.62. The van der Waals surface area contributed by atoms with Gasteiger partial charge in [0.2, 0.25) is 0 Å². The Labute approximate surface area is 155 Å². The molecule has 27 heavy (non-hydrogen) atoms. The van der Waals surface area contributed by atoms with E-state index in [0.29, 0.717) is 12.1 Å². The molecule has 1 N–H and O–H groups in total. The molecule has 0 saturated heterocycles. The molecule has 134 valence electrons. The van der Waals surface area contributed by atoms with Crippen molar-refractivity contribution in [2.75, 3.05) is 0 Å². The molecule has 0 fully saturated rings. The first kappa shape index (κ1) is 15.9. The van der Waals surface area contributed by atoms with Crippen LogP contribution < -0.4 is 11.4 Å². The zero-order valence-corrected chi connectivity index (χ0v) is 14.7. The van der Waals surface area contributed by atoms with E-state index in [9.17, 15) is 9.59 Å². The van der Waals surface area contributed by atoms with E-state index in [0.717, 1.165) is 0 Å². The van der Waals surface area contributed by atoms with Gasteiger partial charge in [-0.1, -0.05) is 60.7 Å². The number of rotatable bonds is 4. The van der Waals surface area contributed by atoms with E-state index in [4.69, 9.17) is 0 Å². The Morgan fingerprint density at radius 1 is 0.963 bits per heavy atom. The van der Waals surface area contributed by atoms with Gasteiger partial charge in [-0.15, -0.1) is 6.58 Å². The largest absolute Gasteiger partial charge is 0.352 e. The van der Waals surface area contributed by atoms with Crippen LogP contribution in [0.3, 0.4) is 0 Å². The lowest BCUT2D eigenvalue weighted by molar-refractivity contribution is 0.230. The molecule has 5 heteroatoms. The summed E-state index contributed by atoms with van der Waals surface area (Å²) in [5.74, 6) is 0.0494. The predicted molar refractivity (Wildman–Crippen MR) is 105 cm³/mol. The molecule has 1 heterocycles. The smallest absolute Gasteiger partial charge is 0.246 e. The molecule has 2 aromatic carbocycles. The summed E-state index contributed by atoms with van der Waals surface area (Å²) in [6.07, 6.45) is 6.73. The predicted octanol–water partition coefficient (Wildman–Crippen LogP) is 3.05. The van der Waals surface area contributed by atoms with Gasteiger partial charge in [-0.05, 0) is 29.7 Å². The Balaban J connectivity index is 1.76. The first-order chi connectivity index (χ1) is 13.2. The van der Waals surface area contributed by atoms with Gasteiger partial charge in [0, 0.05) is 11.8 Å². The molecule has 3 aromatic rings. The molecule has 2 unspecified atom stereocenters. The van der Waals surface area contributed by atoms with Crippen molar-refractivity contribution < 1.29 is 0 Å². The third-order valence-corrected chi connectivity index (χ3v) is 5.93. The van der Waals surface area contributed by atoms with Gasteiger partial charge in [-0.3, -0.25) is 0 Å². The van der Waals surface area contributed by atoms with E-state index >= 15 is 0 Å². The van der Waals surface area contributed by atoms with Crippen molar-refractivity contribution in [3.63, 3.8) is 0 Å². The van der Waals surface area contributed by atoms with E-state index in [1.165, 1.54) is 15.7 Å². The highest BCUT2D eigenvalue weighted by atomic mass is 16.2. The second-order valence-corrected chi connectivity index (χ2v) is 7.16. The molecule has 0 saturated carbocycles. The van der Waals surface area contributed by atoms with Crippen molar-refractivity contribution in [1.29, 1.82) is 0 Å². The molecule has 0 aliphatic heterocycles. The highest BCUT2D eigenvalue weighted by Gasteiger charge is 2.56. The molecule has 0 amide bonds. The van der Waals surface area contributed by atoms with Crippen LogP contribution in [0.4, 0.5) is 0 Å². The minimum Gasteiger partial charge on any atom is -0.246 e. The van der Waals surface area contributed by atoms with Gasteiger partial charge in [0.25, 0.3) is 0 Å². The lowest BCUT2D eigenvalue weighted by Crippen LogP contribution is -2.44. The molecule has 2 bridgehead atoms. The summed E-state index contributed by atoms with van der Waals surface area (Å²) in [6.45, 7) is 3.93. The van der Waals surface area contributed by atoms with Crippen molar-refractivity contribution in [1.82, 2.24) is 14.3 Å². The van der Waals surface area contributed by atoms with E-state index in [-0.39, 0.29) is 17.5 Å². The number of fused-ring (bicyclic) bond motifs is 5.